The van der Waals surface area contributed by atoms with Crippen molar-refractivity contribution in [2.45, 2.75) is 44.2 Å². The number of benzene rings is 2. The maximum Gasteiger partial charge on any atom is 0.252 e. The number of hydrogen-bond donors (Lipinski definition) is 1. The Kier molecular flexibility index (Phi) is 12.5. The van der Waals surface area contributed by atoms with E-state index in [4.69, 9.17) is 14.2 Å². The average molecular weight is 590 g/mol. The molecule has 0 aliphatic carbocycles. The molecule has 0 atom stereocenters. The van der Waals surface area contributed by atoms with Gasteiger partial charge in [0.25, 0.3) is 10.0 Å². The normalized spacial score (nSPS) is 11.5. The largest absolute Gasteiger partial charge is 0.497 e. The molecule has 3 aromatic rings. The van der Waals surface area contributed by atoms with Crippen molar-refractivity contribution in [1.82, 2.24) is 9.71 Å². The highest BCUT2D eigenvalue weighted by atomic mass is 32.2. The van der Waals surface area contributed by atoms with Crippen molar-refractivity contribution >= 4 is 32.4 Å². The van der Waals surface area contributed by atoms with Crippen LogP contribution in [0.25, 0.3) is 11.1 Å². The molecule has 0 aliphatic rings. The first-order valence-corrected chi connectivity index (χ1v) is 15.7. The van der Waals surface area contributed by atoms with E-state index < -0.39 is 10.0 Å². The van der Waals surface area contributed by atoms with Gasteiger partial charge in [0.15, 0.2) is 9.34 Å². The number of nitrogens with one attached hydrogen (secondary N) is 1. The molecule has 0 unspecified atom stereocenters. The fraction of sp³-hybridized carbons (Fsp3) is 0.448. The van der Waals surface area contributed by atoms with E-state index in [1.165, 1.54) is 0 Å². The summed E-state index contributed by atoms with van der Waals surface area (Å²) in [6.07, 6.45) is 1.32. The van der Waals surface area contributed by atoms with Crippen molar-refractivity contribution in [2.24, 2.45) is 0 Å². The number of aryl methyl sites for hydroxylation is 1. The van der Waals surface area contributed by atoms with Crippen LogP contribution in [0, 0.1) is 6.92 Å². The zero-order valence-electron chi connectivity index (χ0n) is 23.6. The Labute approximate surface area is 241 Å². The number of nitrogens with zero attached hydrogens (tertiary/aromatic N) is 2. The minimum atomic E-state index is -3.76. The second-order valence-electron chi connectivity index (χ2n) is 9.02. The summed E-state index contributed by atoms with van der Waals surface area (Å²) >= 11 is 1.01. The Balaban J connectivity index is 1.76. The number of thiazole rings is 1. The van der Waals surface area contributed by atoms with Gasteiger partial charge in [0.1, 0.15) is 5.75 Å². The summed E-state index contributed by atoms with van der Waals surface area (Å²) in [5, 5.41) is 0.363. The average Bonchev–Trinajstić information content (AvgIpc) is 3.35. The van der Waals surface area contributed by atoms with Gasteiger partial charge in [0, 0.05) is 39.5 Å². The van der Waals surface area contributed by atoms with Gasteiger partial charge in [0.2, 0.25) is 5.91 Å². The van der Waals surface area contributed by atoms with Gasteiger partial charge in [-0.05, 0) is 62.4 Å². The smallest absolute Gasteiger partial charge is 0.252 e. The number of amides is 1. The highest BCUT2D eigenvalue weighted by Gasteiger charge is 2.26. The van der Waals surface area contributed by atoms with Crippen LogP contribution < -0.4 is 14.4 Å². The number of sulfonamides is 1. The molecule has 1 N–H and O–H groups in total. The van der Waals surface area contributed by atoms with Crippen LogP contribution in [0.3, 0.4) is 0 Å². The molecule has 218 valence electrons. The number of methoxy groups -OCH3 is 1. The van der Waals surface area contributed by atoms with Crippen LogP contribution in [0.1, 0.15) is 37.9 Å². The van der Waals surface area contributed by atoms with Gasteiger partial charge >= 0.3 is 0 Å². The number of anilines is 1. The predicted octanol–water partition coefficient (Wildman–Crippen LogP) is 4.83. The van der Waals surface area contributed by atoms with Crippen LogP contribution in [-0.2, 0) is 30.7 Å². The molecule has 3 rings (SSSR count). The lowest BCUT2D eigenvalue weighted by Crippen LogP contribution is -2.33. The summed E-state index contributed by atoms with van der Waals surface area (Å²) in [5.74, 6) is 0.619. The van der Waals surface area contributed by atoms with Gasteiger partial charge < -0.3 is 14.2 Å². The molecule has 0 fully saturated rings. The molecule has 0 saturated heterocycles. The van der Waals surface area contributed by atoms with Crippen molar-refractivity contribution in [3.8, 4) is 16.9 Å². The Hall–Kier alpha value is -2.83. The Morgan fingerprint density at radius 3 is 2.38 bits per heavy atom. The lowest BCUT2D eigenvalue weighted by molar-refractivity contribution is -0.118. The predicted molar refractivity (Wildman–Crippen MR) is 159 cm³/mol. The topological polar surface area (TPSA) is 107 Å². The molecular formula is C29H39N3O6S2. The van der Waals surface area contributed by atoms with Gasteiger partial charge in [-0.15, -0.1) is 0 Å². The quantitative estimate of drug-likeness (QED) is 0.225. The minimum Gasteiger partial charge on any atom is -0.497 e. The molecular weight excluding hydrogens is 550 g/mol. The minimum absolute atomic E-state index is 0.115. The molecule has 11 heteroatoms. The van der Waals surface area contributed by atoms with Crippen LogP contribution in [0.2, 0.25) is 0 Å². The van der Waals surface area contributed by atoms with Crippen molar-refractivity contribution in [2.75, 3.05) is 51.5 Å². The number of rotatable bonds is 17. The van der Waals surface area contributed by atoms with Gasteiger partial charge in [0.05, 0.1) is 19.2 Å². The lowest BCUT2D eigenvalue weighted by atomic mass is 10.0. The van der Waals surface area contributed by atoms with Crippen molar-refractivity contribution < 1.29 is 27.4 Å². The van der Waals surface area contributed by atoms with Crippen molar-refractivity contribution in [3.63, 3.8) is 0 Å². The summed E-state index contributed by atoms with van der Waals surface area (Å²) in [6.45, 7) is 8.24. The lowest BCUT2D eigenvalue weighted by Gasteiger charge is -2.20. The van der Waals surface area contributed by atoms with E-state index in [9.17, 15) is 13.2 Å². The first-order valence-electron chi connectivity index (χ1n) is 13.4. The number of ether oxygens (including phenoxy) is 3. The molecule has 0 aliphatic heterocycles. The van der Waals surface area contributed by atoms with Crippen molar-refractivity contribution in [1.29, 1.82) is 0 Å². The van der Waals surface area contributed by atoms with Gasteiger partial charge in [-0.3, -0.25) is 9.69 Å². The summed E-state index contributed by atoms with van der Waals surface area (Å²) < 4.78 is 44.7. The van der Waals surface area contributed by atoms with Crippen LogP contribution in [-0.4, -0.2) is 65.9 Å². The Morgan fingerprint density at radius 2 is 1.70 bits per heavy atom. The molecule has 1 amide bonds. The van der Waals surface area contributed by atoms with Crippen LogP contribution in [0.15, 0.2) is 52.7 Å². The van der Waals surface area contributed by atoms with Gasteiger partial charge in [-0.25, -0.2) is 18.1 Å². The molecule has 0 saturated carbocycles. The van der Waals surface area contributed by atoms with Crippen LogP contribution >= 0.6 is 11.3 Å². The summed E-state index contributed by atoms with van der Waals surface area (Å²) in [7, 11) is -2.13. The third-order valence-corrected chi connectivity index (χ3v) is 9.32. The van der Waals surface area contributed by atoms with E-state index in [0.29, 0.717) is 56.6 Å². The second-order valence-corrected chi connectivity index (χ2v) is 12.0. The first kappa shape index (κ1) is 31.7. The molecule has 0 spiro atoms. The molecule has 40 heavy (non-hydrogen) atoms. The summed E-state index contributed by atoms with van der Waals surface area (Å²) in [5.41, 5.74) is 3.25. The molecule has 0 bridgehead atoms. The molecule has 0 radical (unpaired) electrons. The van der Waals surface area contributed by atoms with E-state index in [0.717, 1.165) is 33.8 Å². The Morgan fingerprint density at radius 1 is 1.00 bits per heavy atom. The molecule has 9 nitrogen and oxygen atoms in total. The fourth-order valence-electron chi connectivity index (χ4n) is 4.01. The third kappa shape index (κ3) is 9.10. The highest BCUT2D eigenvalue weighted by molar-refractivity contribution is 7.91. The van der Waals surface area contributed by atoms with E-state index in [1.54, 1.807) is 18.9 Å². The van der Waals surface area contributed by atoms with Crippen LogP contribution in [0.5, 0.6) is 5.75 Å². The van der Waals surface area contributed by atoms with E-state index in [2.05, 4.69) is 9.71 Å². The maximum atomic E-state index is 13.5. The van der Waals surface area contributed by atoms with E-state index in [-0.39, 0.29) is 23.1 Å². The molecule has 2 aromatic carbocycles. The number of carbonyl (C=O) groups is 1. The van der Waals surface area contributed by atoms with Gasteiger partial charge in [-0.2, -0.15) is 0 Å². The highest BCUT2D eigenvalue weighted by Crippen LogP contribution is 2.31. The zero-order chi connectivity index (χ0) is 29.0. The SMILES string of the molecule is CCOCCCNS(=O)(=O)c1sc(N(CCCOCC)C(=O)Cc2ccc(-c3cccc(OC)c3)cc2)nc1C. The molecule has 1 heterocycles. The second kappa shape index (κ2) is 15.8. The van der Waals surface area contributed by atoms with Crippen molar-refractivity contribution in [3.05, 3.63) is 59.8 Å². The number of aromatic nitrogens is 1. The van der Waals surface area contributed by atoms with E-state index >= 15 is 0 Å². The number of carbonyl (C=O) groups excluding carboxylic acids is 1. The van der Waals surface area contributed by atoms with Crippen LogP contribution in [0.4, 0.5) is 5.13 Å². The number of hydrogen-bond acceptors (Lipinski definition) is 8. The summed E-state index contributed by atoms with van der Waals surface area (Å²) in [4.78, 5) is 19.6. The fourth-order valence-corrected chi connectivity index (χ4v) is 6.67. The molecule has 1 aromatic heterocycles. The first-order chi connectivity index (χ1) is 19.3. The standard InChI is InChI=1S/C29H39N3O6S2/c1-5-37-18-8-16-30-40(34,35)28-22(3)31-29(39-28)32(17-9-19-38-6-2)27(33)20-23-12-14-24(15-13-23)25-10-7-11-26(21-25)36-4/h7,10-15,21,30H,5-6,8-9,16-20H2,1-4H3. The Bertz CT molecular complexity index is 1330. The maximum absolute atomic E-state index is 13.5. The van der Waals surface area contributed by atoms with Gasteiger partial charge in [-0.1, -0.05) is 47.7 Å². The van der Waals surface area contributed by atoms with E-state index in [1.807, 2.05) is 62.4 Å². The zero-order valence-corrected chi connectivity index (χ0v) is 25.3. The monoisotopic (exact) mass is 589 g/mol. The summed E-state index contributed by atoms with van der Waals surface area (Å²) in [6, 6.07) is 15.6. The third-order valence-electron chi connectivity index (χ3n) is 6.07.